The van der Waals surface area contributed by atoms with Crippen molar-refractivity contribution in [3.8, 4) is 11.4 Å². The van der Waals surface area contributed by atoms with Crippen LogP contribution in [0.3, 0.4) is 0 Å². The molecule has 2 aromatic carbocycles. The zero-order chi connectivity index (χ0) is 20.4. The average Bonchev–Trinajstić information content (AvgIpc) is 3.34. The molecule has 1 aliphatic rings. The number of nitrogens with one attached hydrogen (secondary N) is 1. The lowest BCUT2D eigenvalue weighted by atomic mass is 10.1. The first-order chi connectivity index (χ1) is 14.0. The summed E-state index contributed by atoms with van der Waals surface area (Å²) in [7, 11) is 1.53. The van der Waals surface area contributed by atoms with Crippen LogP contribution in [0.25, 0.3) is 11.5 Å². The van der Waals surface area contributed by atoms with Gasteiger partial charge < -0.3 is 14.6 Å². The van der Waals surface area contributed by atoms with Gasteiger partial charge in [-0.25, -0.2) is 9.37 Å². The number of imidazole rings is 1. The number of fused-ring (bicyclic) bond motifs is 1. The van der Waals surface area contributed by atoms with Crippen LogP contribution in [0.4, 0.5) is 4.39 Å². The summed E-state index contributed by atoms with van der Waals surface area (Å²) < 4.78 is 22.0. The van der Waals surface area contributed by atoms with E-state index in [2.05, 4.69) is 16.4 Å². The number of aromatic nitrogens is 2. The Bertz CT molecular complexity index is 1090. The van der Waals surface area contributed by atoms with Gasteiger partial charge in [0.1, 0.15) is 11.6 Å². The fourth-order valence-electron chi connectivity index (χ4n) is 3.71. The summed E-state index contributed by atoms with van der Waals surface area (Å²) in [5.41, 5.74) is 4.24. The highest BCUT2D eigenvalue weighted by atomic mass is 19.1. The van der Waals surface area contributed by atoms with Crippen LogP contribution < -0.4 is 10.1 Å². The van der Waals surface area contributed by atoms with Gasteiger partial charge in [0.2, 0.25) is 5.91 Å². The fourth-order valence-corrected chi connectivity index (χ4v) is 3.71. The molecule has 0 fully saturated rings. The fraction of sp³-hybridized carbons (Fsp3) is 0.217. The Balaban J connectivity index is 1.52. The Morgan fingerprint density at radius 2 is 2.14 bits per heavy atom. The number of amides is 1. The van der Waals surface area contributed by atoms with Gasteiger partial charge in [-0.05, 0) is 49.1 Å². The highest BCUT2D eigenvalue weighted by Crippen LogP contribution is 2.31. The summed E-state index contributed by atoms with van der Waals surface area (Å²) in [4.78, 5) is 16.6. The van der Waals surface area contributed by atoms with Crippen molar-refractivity contribution in [2.75, 3.05) is 7.11 Å². The maximum atomic E-state index is 14.7. The van der Waals surface area contributed by atoms with Gasteiger partial charge >= 0.3 is 0 Å². The number of halogens is 1. The molecule has 148 valence electrons. The second-order valence-corrected chi connectivity index (χ2v) is 7.10. The van der Waals surface area contributed by atoms with Crippen molar-refractivity contribution in [3.05, 3.63) is 83.4 Å². The minimum absolute atomic E-state index is 0.0795. The summed E-state index contributed by atoms with van der Waals surface area (Å²) >= 11 is 0. The standard InChI is InChI=1S/C23H22FN3O2/c1-15-13-27(14-25-15)21-10-8-17(11-22(21)29-2)19(24)12-23(28)26-20-9-7-16-5-3-4-6-18(16)20/h3-6,8,10-14,20H,7,9H2,1-2H3,(H,26,28)/b19-12-. The zero-order valence-corrected chi connectivity index (χ0v) is 16.4. The highest BCUT2D eigenvalue weighted by molar-refractivity contribution is 5.94. The molecule has 0 spiro atoms. The van der Waals surface area contributed by atoms with Crippen LogP contribution in [-0.2, 0) is 11.2 Å². The first-order valence-electron chi connectivity index (χ1n) is 9.50. The van der Waals surface area contributed by atoms with Crippen molar-refractivity contribution in [3.63, 3.8) is 0 Å². The molecule has 1 N–H and O–H groups in total. The minimum Gasteiger partial charge on any atom is -0.495 e. The SMILES string of the molecule is COc1cc(/C(F)=C/C(=O)NC2CCc3ccccc32)ccc1-n1cnc(C)c1. The Kier molecular flexibility index (Phi) is 5.16. The Hall–Kier alpha value is -3.41. The molecule has 1 amide bonds. The van der Waals surface area contributed by atoms with E-state index in [9.17, 15) is 9.18 Å². The summed E-state index contributed by atoms with van der Waals surface area (Å²) in [6.07, 6.45) is 6.27. The van der Waals surface area contributed by atoms with E-state index in [4.69, 9.17) is 4.74 Å². The summed E-state index contributed by atoms with van der Waals surface area (Å²) in [6, 6.07) is 12.9. The molecule has 0 saturated heterocycles. The van der Waals surface area contributed by atoms with Crippen LogP contribution in [-0.4, -0.2) is 22.6 Å². The summed E-state index contributed by atoms with van der Waals surface area (Å²) in [5.74, 6) is -0.563. The van der Waals surface area contributed by atoms with Gasteiger partial charge in [0, 0.05) is 17.8 Å². The zero-order valence-electron chi connectivity index (χ0n) is 16.4. The predicted molar refractivity (Wildman–Crippen MR) is 110 cm³/mol. The van der Waals surface area contributed by atoms with Crippen molar-refractivity contribution in [1.29, 1.82) is 0 Å². The molecular formula is C23H22FN3O2. The van der Waals surface area contributed by atoms with E-state index < -0.39 is 11.7 Å². The highest BCUT2D eigenvalue weighted by Gasteiger charge is 2.23. The molecule has 1 aromatic heterocycles. The number of carbonyl (C=O) groups is 1. The normalized spacial score (nSPS) is 15.8. The molecule has 0 saturated carbocycles. The molecule has 1 atom stereocenters. The number of nitrogens with zero attached hydrogens (tertiary/aromatic N) is 2. The number of carbonyl (C=O) groups excluding carboxylic acids is 1. The Labute approximate surface area is 168 Å². The van der Waals surface area contributed by atoms with Crippen molar-refractivity contribution in [2.45, 2.75) is 25.8 Å². The van der Waals surface area contributed by atoms with E-state index in [1.165, 1.54) is 12.7 Å². The lowest BCUT2D eigenvalue weighted by molar-refractivity contribution is -0.117. The third-order valence-electron chi connectivity index (χ3n) is 5.15. The molecule has 1 aliphatic carbocycles. The van der Waals surface area contributed by atoms with E-state index in [1.54, 1.807) is 24.5 Å². The lowest BCUT2D eigenvalue weighted by Crippen LogP contribution is -2.25. The van der Waals surface area contributed by atoms with E-state index >= 15 is 0 Å². The maximum absolute atomic E-state index is 14.7. The number of hydrogen-bond acceptors (Lipinski definition) is 3. The number of aryl methyl sites for hydroxylation is 2. The number of hydrogen-bond donors (Lipinski definition) is 1. The van der Waals surface area contributed by atoms with Gasteiger partial charge in [-0.1, -0.05) is 24.3 Å². The van der Waals surface area contributed by atoms with Crippen molar-refractivity contribution in [1.82, 2.24) is 14.9 Å². The van der Waals surface area contributed by atoms with E-state index in [0.29, 0.717) is 5.75 Å². The second kappa shape index (κ2) is 7.91. The molecule has 0 bridgehead atoms. The van der Waals surface area contributed by atoms with Gasteiger partial charge in [-0.3, -0.25) is 4.79 Å². The van der Waals surface area contributed by atoms with Crippen molar-refractivity contribution < 1.29 is 13.9 Å². The number of methoxy groups -OCH3 is 1. The third-order valence-corrected chi connectivity index (χ3v) is 5.15. The largest absolute Gasteiger partial charge is 0.495 e. The maximum Gasteiger partial charge on any atom is 0.247 e. The first-order valence-corrected chi connectivity index (χ1v) is 9.50. The topological polar surface area (TPSA) is 56.1 Å². The number of benzene rings is 2. The molecule has 1 heterocycles. The Morgan fingerprint density at radius 1 is 1.31 bits per heavy atom. The van der Waals surface area contributed by atoms with Crippen LogP contribution in [0.1, 0.15) is 34.8 Å². The smallest absolute Gasteiger partial charge is 0.247 e. The van der Waals surface area contributed by atoms with Gasteiger partial charge in [-0.2, -0.15) is 0 Å². The minimum atomic E-state index is -0.611. The van der Waals surface area contributed by atoms with Crippen LogP contribution >= 0.6 is 0 Å². The van der Waals surface area contributed by atoms with Gasteiger partial charge in [0.25, 0.3) is 0 Å². The average molecular weight is 391 g/mol. The molecule has 3 aromatic rings. The third kappa shape index (κ3) is 3.92. The van der Waals surface area contributed by atoms with Crippen LogP contribution in [0, 0.1) is 6.92 Å². The molecular weight excluding hydrogens is 369 g/mol. The van der Waals surface area contributed by atoms with E-state index in [-0.39, 0.29) is 11.6 Å². The molecule has 5 nitrogen and oxygen atoms in total. The van der Waals surface area contributed by atoms with Crippen LogP contribution in [0.5, 0.6) is 5.75 Å². The summed E-state index contributed by atoms with van der Waals surface area (Å²) in [5, 5.41) is 2.91. The number of rotatable bonds is 5. The Morgan fingerprint density at radius 3 is 2.90 bits per heavy atom. The van der Waals surface area contributed by atoms with E-state index in [1.807, 2.05) is 35.9 Å². The monoisotopic (exact) mass is 391 g/mol. The lowest BCUT2D eigenvalue weighted by Gasteiger charge is -2.13. The van der Waals surface area contributed by atoms with Crippen molar-refractivity contribution >= 4 is 11.7 Å². The molecule has 0 aliphatic heterocycles. The number of ether oxygens (including phenoxy) is 1. The van der Waals surface area contributed by atoms with E-state index in [0.717, 1.165) is 35.9 Å². The van der Waals surface area contributed by atoms with Gasteiger partial charge in [-0.15, -0.1) is 0 Å². The predicted octanol–water partition coefficient (Wildman–Crippen LogP) is 4.30. The van der Waals surface area contributed by atoms with Gasteiger partial charge in [0.15, 0.2) is 0 Å². The van der Waals surface area contributed by atoms with Crippen LogP contribution in [0.15, 0.2) is 61.1 Å². The second-order valence-electron chi connectivity index (χ2n) is 7.10. The molecule has 29 heavy (non-hydrogen) atoms. The summed E-state index contributed by atoms with van der Waals surface area (Å²) in [6.45, 7) is 1.89. The molecule has 0 radical (unpaired) electrons. The van der Waals surface area contributed by atoms with Crippen LogP contribution in [0.2, 0.25) is 0 Å². The molecule has 6 heteroatoms. The molecule has 1 unspecified atom stereocenters. The quantitative estimate of drug-likeness (QED) is 0.660. The first kappa shape index (κ1) is 18.9. The molecule has 4 rings (SSSR count). The van der Waals surface area contributed by atoms with Crippen molar-refractivity contribution in [2.24, 2.45) is 0 Å². The van der Waals surface area contributed by atoms with Gasteiger partial charge in [0.05, 0.1) is 30.9 Å².